The average Bonchev–Trinajstić information content (AvgIpc) is 2.98. The Labute approximate surface area is 140 Å². The minimum Gasteiger partial charge on any atom is -0.492 e. The van der Waals surface area contributed by atoms with Crippen LogP contribution in [0, 0.1) is 0 Å². The first-order chi connectivity index (χ1) is 12.1. The molecule has 0 spiro atoms. The van der Waals surface area contributed by atoms with E-state index in [0.717, 1.165) is 16.5 Å². The Hall–Kier alpha value is -3.75. The monoisotopic (exact) mass is 336 g/mol. The van der Waals surface area contributed by atoms with Gasteiger partial charge >= 0.3 is 6.09 Å². The smallest absolute Gasteiger partial charge is 0.411 e. The van der Waals surface area contributed by atoms with Crippen molar-refractivity contribution in [3.8, 4) is 5.88 Å². The normalized spacial score (nSPS) is 11.0. The molecule has 0 aliphatic rings. The van der Waals surface area contributed by atoms with Crippen LogP contribution in [0.5, 0.6) is 5.88 Å². The van der Waals surface area contributed by atoms with Gasteiger partial charge < -0.3 is 10.2 Å². The molecule has 0 fully saturated rings. The number of nitrogens with zero attached hydrogens (tertiary/aromatic N) is 5. The van der Waals surface area contributed by atoms with Gasteiger partial charge in [0.15, 0.2) is 0 Å². The predicted molar refractivity (Wildman–Crippen MR) is 89.5 cm³/mol. The third-order valence-corrected chi connectivity index (χ3v) is 3.73. The van der Waals surface area contributed by atoms with Gasteiger partial charge in [-0.25, -0.2) is 9.78 Å². The fourth-order valence-corrected chi connectivity index (χ4v) is 2.71. The number of fused-ring (bicyclic) bond motifs is 2. The Morgan fingerprint density at radius 2 is 2.04 bits per heavy atom. The van der Waals surface area contributed by atoms with Gasteiger partial charge in [-0.15, -0.1) is 0 Å². The van der Waals surface area contributed by atoms with E-state index in [9.17, 15) is 9.90 Å². The molecular formula is C16H12N6O3. The van der Waals surface area contributed by atoms with Crippen molar-refractivity contribution in [1.82, 2.24) is 24.7 Å². The molecule has 1 amide bonds. The summed E-state index contributed by atoms with van der Waals surface area (Å²) in [5.41, 5.74) is 2.43. The standard InChI is InChI=1S/C16H12N6O3/c23-14-13-11(19-15(20-14)21-16(24)25)7-18-22(13)8-10-4-1-3-9-5-2-6-17-12(9)10/h1-7H,8H2,(H,24,25)(H2,19,20,21,23). The molecule has 3 N–H and O–H groups in total. The van der Waals surface area contributed by atoms with Crippen LogP contribution >= 0.6 is 0 Å². The number of carbonyl (C=O) groups is 1. The zero-order chi connectivity index (χ0) is 17.4. The van der Waals surface area contributed by atoms with E-state index in [1.165, 1.54) is 6.20 Å². The van der Waals surface area contributed by atoms with Crippen LogP contribution in [0.15, 0.2) is 42.7 Å². The average molecular weight is 336 g/mol. The summed E-state index contributed by atoms with van der Waals surface area (Å²) in [5, 5.41) is 26.1. The van der Waals surface area contributed by atoms with Crippen molar-refractivity contribution in [2.45, 2.75) is 6.54 Å². The molecule has 0 aliphatic carbocycles. The summed E-state index contributed by atoms with van der Waals surface area (Å²) in [5.74, 6) is -0.552. The Kier molecular flexibility index (Phi) is 3.38. The summed E-state index contributed by atoms with van der Waals surface area (Å²) in [6.45, 7) is 0.362. The van der Waals surface area contributed by atoms with Crippen LogP contribution in [0.2, 0.25) is 0 Å². The summed E-state index contributed by atoms with van der Waals surface area (Å²) in [6.07, 6.45) is 1.85. The summed E-state index contributed by atoms with van der Waals surface area (Å²) in [4.78, 5) is 22.9. The van der Waals surface area contributed by atoms with Crippen molar-refractivity contribution >= 4 is 34.0 Å². The highest BCUT2D eigenvalue weighted by Gasteiger charge is 2.15. The van der Waals surface area contributed by atoms with Gasteiger partial charge in [0.2, 0.25) is 11.8 Å². The Morgan fingerprint density at radius 1 is 1.20 bits per heavy atom. The number of pyridine rings is 1. The molecule has 3 aromatic heterocycles. The number of hydrogen-bond acceptors (Lipinski definition) is 6. The van der Waals surface area contributed by atoms with E-state index in [-0.39, 0.29) is 11.8 Å². The summed E-state index contributed by atoms with van der Waals surface area (Å²) >= 11 is 0. The molecule has 0 unspecified atom stereocenters. The lowest BCUT2D eigenvalue weighted by molar-refractivity contribution is 0.209. The van der Waals surface area contributed by atoms with Crippen LogP contribution in [0.1, 0.15) is 5.56 Å². The van der Waals surface area contributed by atoms with Gasteiger partial charge in [0, 0.05) is 11.6 Å². The number of nitrogens with one attached hydrogen (secondary N) is 1. The summed E-state index contributed by atoms with van der Waals surface area (Å²) in [6, 6.07) is 9.67. The zero-order valence-corrected chi connectivity index (χ0v) is 12.8. The van der Waals surface area contributed by atoms with Crippen molar-refractivity contribution in [3.05, 3.63) is 48.3 Å². The number of amides is 1. The van der Waals surface area contributed by atoms with Gasteiger partial charge in [0.05, 0.1) is 18.3 Å². The maximum Gasteiger partial charge on any atom is 0.411 e. The first-order valence-corrected chi connectivity index (χ1v) is 7.37. The maximum absolute atomic E-state index is 10.7. The molecule has 0 saturated carbocycles. The van der Waals surface area contributed by atoms with Gasteiger partial charge in [-0.1, -0.05) is 24.3 Å². The molecule has 124 valence electrons. The zero-order valence-electron chi connectivity index (χ0n) is 12.8. The number of aromatic hydroxyl groups is 1. The minimum atomic E-state index is -1.31. The highest BCUT2D eigenvalue weighted by molar-refractivity contribution is 5.85. The molecule has 0 atom stereocenters. The van der Waals surface area contributed by atoms with E-state index in [4.69, 9.17) is 5.11 Å². The van der Waals surface area contributed by atoms with Gasteiger partial charge in [-0.2, -0.15) is 10.1 Å². The van der Waals surface area contributed by atoms with Crippen molar-refractivity contribution in [2.75, 3.05) is 5.32 Å². The van der Waals surface area contributed by atoms with E-state index in [1.54, 1.807) is 10.9 Å². The molecular weight excluding hydrogens is 324 g/mol. The molecule has 4 aromatic rings. The Balaban J connectivity index is 1.78. The number of carboxylic acid groups (broad SMARTS) is 1. The number of rotatable bonds is 3. The van der Waals surface area contributed by atoms with Crippen molar-refractivity contribution in [3.63, 3.8) is 0 Å². The second kappa shape index (κ2) is 5.71. The van der Waals surface area contributed by atoms with Gasteiger partial charge in [-0.05, 0) is 11.6 Å². The second-order valence-electron chi connectivity index (χ2n) is 5.33. The molecule has 0 saturated heterocycles. The summed E-state index contributed by atoms with van der Waals surface area (Å²) in [7, 11) is 0. The number of benzene rings is 1. The van der Waals surface area contributed by atoms with Gasteiger partial charge in [0.1, 0.15) is 11.0 Å². The molecule has 4 rings (SSSR count). The van der Waals surface area contributed by atoms with E-state index in [0.29, 0.717) is 17.6 Å². The number of anilines is 1. The van der Waals surface area contributed by atoms with Crippen LogP contribution in [-0.2, 0) is 6.54 Å². The topological polar surface area (TPSA) is 126 Å². The predicted octanol–water partition coefficient (Wildman–Crippen LogP) is 2.22. The highest BCUT2D eigenvalue weighted by Crippen LogP contribution is 2.25. The lowest BCUT2D eigenvalue weighted by atomic mass is 10.1. The minimum absolute atomic E-state index is 0.205. The molecule has 0 bridgehead atoms. The maximum atomic E-state index is 10.7. The highest BCUT2D eigenvalue weighted by atomic mass is 16.4. The molecule has 9 nitrogen and oxygen atoms in total. The summed E-state index contributed by atoms with van der Waals surface area (Å²) < 4.78 is 1.55. The van der Waals surface area contributed by atoms with Crippen LogP contribution in [0.3, 0.4) is 0 Å². The Bertz CT molecular complexity index is 1100. The van der Waals surface area contributed by atoms with Crippen LogP contribution in [0.4, 0.5) is 10.7 Å². The van der Waals surface area contributed by atoms with Gasteiger partial charge in [-0.3, -0.25) is 15.0 Å². The van der Waals surface area contributed by atoms with E-state index >= 15 is 0 Å². The van der Waals surface area contributed by atoms with Gasteiger partial charge in [0.25, 0.3) is 0 Å². The fraction of sp³-hybridized carbons (Fsp3) is 0.0625. The van der Waals surface area contributed by atoms with E-state index < -0.39 is 6.09 Å². The first kappa shape index (κ1) is 14.8. The number of aromatic nitrogens is 5. The van der Waals surface area contributed by atoms with Crippen molar-refractivity contribution in [1.29, 1.82) is 0 Å². The lowest BCUT2D eigenvalue weighted by Crippen LogP contribution is -2.10. The number of para-hydroxylation sites is 1. The SMILES string of the molecule is O=C(O)Nc1nc(O)c2c(cnn2Cc2cccc3cccnc23)n1. The van der Waals surface area contributed by atoms with Crippen LogP contribution in [0.25, 0.3) is 21.9 Å². The molecule has 0 radical (unpaired) electrons. The Morgan fingerprint density at radius 3 is 2.88 bits per heavy atom. The van der Waals surface area contributed by atoms with Crippen LogP contribution in [-0.4, -0.2) is 41.0 Å². The second-order valence-corrected chi connectivity index (χ2v) is 5.33. The lowest BCUT2D eigenvalue weighted by Gasteiger charge is -2.08. The van der Waals surface area contributed by atoms with Crippen LogP contribution < -0.4 is 5.32 Å². The largest absolute Gasteiger partial charge is 0.492 e. The molecule has 1 aromatic carbocycles. The molecule has 3 heterocycles. The number of hydrogen-bond donors (Lipinski definition) is 3. The third-order valence-electron chi connectivity index (χ3n) is 3.73. The molecule has 9 heteroatoms. The van der Waals surface area contributed by atoms with Crippen molar-refractivity contribution in [2.24, 2.45) is 0 Å². The fourth-order valence-electron chi connectivity index (χ4n) is 2.71. The van der Waals surface area contributed by atoms with E-state index in [1.807, 2.05) is 35.6 Å². The third kappa shape index (κ3) is 2.67. The molecule has 25 heavy (non-hydrogen) atoms. The first-order valence-electron chi connectivity index (χ1n) is 7.37. The van der Waals surface area contributed by atoms with E-state index in [2.05, 4.69) is 20.1 Å². The quantitative estimate of drug-likeness (QED) is 0.523. The van der Waals surface area contributed by atoms with Crippen molar-refractivity contribution < 1.29 is 15.0 Å². The molecule has 0 aliphatic heterocycles.